The molecule has 1 atom stereocenters. The molecular formula is C15H22N2. The zero-order chi connectivity index (χ0) is 11.7. The second kappa shape index (κ2) is 4.79. The second-order valence-electron chi connectivity index (χ2n) is 5.50. The van der Waals surface area contributed by atoms with E-state index in [0.717, 1.165) is 13.1 Å². The minimum Gasteiger partial charge on any atom is -0.314 e. The van der Waals surface area contributed by atoms with Crippen LogP contribution in [0.15, 0.2) is 18.2 Å². The molecule has 0 spiro atoms. The van der Waals surface area contributed by atoms with Crippen LogP contribution in [0.4, 0.5) is 0 Å². The van der Waals surface area contributed by atoms with Crippen molar-refractivity contribution in [3.63, 3.8) is 0 Å². The average molecular weight is 230 g/mol. The number of likely N-dealkylation sites (N-methyl/N-ethyl adjacent to an activating group) is 1. The molecule has 0 saturated carbocycles. The highest BCUT2D eigenvalue weighted by Gasteiger charge is 2.19. The Bertz CT molecular complexity index is 400. The number of hydrogen-bond acceptors (Lipinski definition) is 2. The Labute approximate surface area is 104 Å². The van der Waals surface area contributed by atoms with Gasteiger partial charge in [-0.3, -0.25) is 0 Å². The first-order valence-electron chi connectivity index (χ1n) is 6.84. The molecule has 1 N–H and O–H groups in total. The molecule has 2 heteroatoms. The van der Waals surface area contributed by atoms with E-state index in [1.54, 1.807) is 11.1 Å². The first-order valence-corrected chi connectivity index (χ1v) is 6.84. The van der Waals surface area contributed by atoms with Crippen LogP contribution in [-0.4, -0.2) is 37.6 Å². The summed E-state index contributed by atoms with van der Waals surface area (Å²) in [5.41, 5.74) is 4.71. The molecule has 0 aromatic heterocycles. The van der Waals surface area contributed by atoms with Crippen LogP contribution in [0.25, 0.3) is 0 Å². The van der Waals surface area contributed by atoms with E-state index in [4.69, 9.17) is 0 Å². The molecule has 1 aromatic rings. The van der Waals surface area contributed by atoms with Crippen molar-refractivity contribution in [2.45, 2.75) is 31.7 Å². The van der Waals surface area contributed by atoms with Crippen molar-refractivity contribution in [3.05, 3.63) is 34.9 Å². The fourth-order valence-corrected chi connectivity index (χ4v) is 3.11. The minimum absolute atomic E-state index is 0.670. The maximum absolute atomic E-state index is 3.50. The lowest BCUT2D eigenvalue weighted by Crippen LogP contribution is -2.50. The van der Waals surface area contributed by atoms with Crippen LogP contribution < -0.4 is 5.32 Å². The van der Waals surface area contributed by atoms with Crippen molar-refractivity contribution in [2.24, 2.45) is 0 Å². The van der Waals surface area contributed by atoms with Gasteiger partial charge in [-0.05, 0) is 49.4 Å². The average Bonchev–Trinajstić information content (AvgIpc) is 2.79. The minimum atomic E-state index is 0.670. The third-order valence-electron chi connectivity index (χ3n) is 4.28. The van der Waals surface area contributed by atoms with Crippen LogP contribution in [0.5, 0.6) is 0 Å². The van der Waals surface area contributed by atoms with Crippen molar-refractivity contribution < 1.29 is 0 Å². The van der Waals surface area contributed by atoms with Gasteiger partial charge < -0.3 is 10.2 Å². The summed E-state index contributed by atoms with van der Waals surface area (Å²) in [7, 11) is 2.25. The quantitative estimate of drug-likeness (QED) is 0.830. The van der Waals surface area contributed by atoms with E-state index >= 15 is 0 Å². The van der Waals surface area contributed by atoms with Gasteiger partial charge >= 0.3 is 0 Å². The van der Waals surface area contributed by atoms with Crippen molar-refractivity contribution in [3.8, 4) is 0 Å². The molecule has 17 heavy (non-hydrogen) atoms. The standard InChI is InChI=1S/C15H22N2/c1-17-8-7-16-11-15(17)10-12-5-6-13-3-2-4-14(13)9-12/h5-6,9,15-16H,2-4,7-8,10-11H2,1H3. The summed E-state index contributed by atoms with van der Waals surface area (Å²) in [6.07, 6.45) is 5.13. The van der Waals surface area contributed by atoms with Gasteiger partial charge in [-0.2, -0.15) is 0 Å². The van der Waals surface area contributed by atoms with Gasteiger partial charge in [0, 0.05) is 25.7 Å². The van der Waals surface area contributed by atoms with Gasteiger partial charge in [-0.25, -0.2) is 0 Å². The number of hydrogen-bond donors (Lipinski definition) is 1. The van der Waals surface area contributed by atoms with Gasteiger partial charge in [0.2, 0.25) is 0 Å². The fourth-order valence-electron chi connectivity index (χ4n) is 3.11. The maximum Gasteiger partial charge on any atom is 0.0258 e. The molecule has 0 bridgehead atoms. The SMILES string of the molecule is CN1CCNCC1Cc1ccc2c(c1)CCC2. The van der Waals surface area contributed by atoms with Gasteiger partial charge in [0.05, 0.1) is 0 Å². The highest BCUT2D eigenvalue weighted by molar-refractivity contribution is 5.35. The van der Waals surface area contributed by atoms with Crippen molar-refractivity contribution in [2.75, 3.05) is 26.7 Å². The van der Waals surface area contributed by atoms with Gasteiger partial charge in [0.15, 0.2) is 0 Å². The van der Waals surface area contributed by atoms with Crippen LogP contribution in [0.3, 0.4) is 0 Å². The van der Waals surface area contributed by atoms with Gasteiger partial charge in [0.1, 0.15) is 0 Å². The van der Waals surface area contributed by atoms with Crippen molar-refractivity contribution in [1.82, 2.24) is 10.2 Å². The molecular weight excluding hydrogens is 208 g/mol. The van der Waals surface area contributed by atoms with Gasteiger partial charge in [-0.15, -0.1) is 0 Å². The van der Waals surface area contributed by atoms with Gasteiger partial charge in [0.25, 0.3) is 0 Å². The molecule has 2 nitrogen and oxygen atoms in total. The highest BCUT2D eigenvalue weighted by Crippen LogP contribution is 2.23. The third-order valence-corrected chi connectivity index (χ3v) is 4.28. The van der Waals surface area contributed by atoms with E-state index in [-0.39, 0.29) is 0 Å². The first kappa shape index (κ1) is 11.2. The van der Waals surface area contributed by atoms with Crippen molar-refractivity contribution in [1.29, 1.82) is 0 Å². The Hall–Kier alpha value is -0.860. The van der Waals surface area contributed by atoms with Crippen LogP contribution >= 0.6 is 0 Å². The molecule has 2 aliphatic rings. The van der Waals surface area contributed by atoms with E-state index in [0.29, 0.717) is 6.04 Å². The van der Waals surface area contributed by atoms with E-state index in [1.807, 2.05) is 0 Å². The zero-order valence-electron chi connectivity index (χ0n) is 10.7. The van der Waals surface area contributed by atoms with Crippen LogP contribution in [0.2, 0.25) is 0 Å². The molecule has 92 valence electrons. The Morgan fingerprint density at radius 1 is 1.29 bits per heavy atom. The predicted octanol–water partition coefficient (Wildman–Crippen LogP) is 1.62. The fraction of sp³-hybridized carbons (Fsp3) is 0.600. The Morgan fingerprint density at radius 2 is 2.18 bits per heavy atom. The summed E-state index contributed by atoms with van der Waals surface area (Å²) in [5.74, 6) is 0. The lowest BCUT2D eigenvalue weighted by atomic mass is 9.99. The predicted molar refractivity (Wildman–Crippen MR) is 71.5 cm³/mol. The second-order valence-corrected chi connectivity index (χ2v) is 5.50. The molecule has 0 radical (unpaired) electrons. The van der Waals surface area contributed by atoms with Crippen LogP contribution in [-0.2, 0) is 19.3 Å². The lowest BCUT2D eigenvalue weighted by molar-refractivity contribution is 0.199. The number of piperazine rings is 1. The summed E-state index contributed by atoms with van der Waals surface area (Å²) in [5, 5.41) is 3.50. The Morgan fingerprint density at radius 3 is 3.06 bits per heavy atom. The largest absolute Gasteiger partial charge is 0.314 e. The number of fused-ring (bicyclic) bond motifs is 1. The molecule has 0 amide bonds. The summed E-state index contributed by atoms with van der Waals surface area (Å²) >= 11 is 0. The van der Waals surface area contributed by atoms with E-state index in [2.05, 4.69) is 35.5 Å². The summed E-state index contributed by atoms with van der Waals surface area (Å²) in [6, 6.07) is 7.81. The molecule has 1 aliphatic heterocycles. The lowest BCUT2D eigenvalue weighted by Gasteiger charge is -2.33. The van der Waals surface area contributed by atoms with E-state index in [1.165, 1.54) is 37.8 Å². The molecule has 1 aliphatic carbocycles. The molecule has 1 unspecified atom stereocenters. The van der Waals surface area contributed by atoms with Crippen molar-refractivity contribution >= 4 is 0 Å². The normalized spacial score (nSPS) is 24.9. The number of benzene rings is 1. The molecule has 1 aromatic carbocycles. The smallest absolute Gasteiger partial charge is 0.0258 e. The van der Waals surface area contributed by atoms with Crippen LogP contribution in [0.1, 0.15) is 23.1 Å². The number of rotatable bonds is 2. The van der Waals surface area contributed by atoms with E-state index in [9.17, 15) is 0 Å². The van der Waals surface area contributed by atoms with Gasteiger partial charge in [-0.1, -0.05) is 18.2 Å². The highest BCUT2D eigenvalue weighted by atomic mass is 15.2. The monoisotopic (exact) mass is 230 g/mol. The molecule has 1 saturated heterocycles. The topological polar surface area (TPSA) is 15.3 Å². The summed E-state index contributed by atoms with van der Waals surface area (Å²) < 4.78 is 0. The zero-order valence-corrected chi connectivity index (χ0v) is 10.7. The molecule has 3 rings (SSSR count). The number of nitrogens with one attached hydrogen (secondary N) is 1. The summed E-state index contributed by atoms with van der Waals surface area (Å²) in [4.78, 5) is 2.49. The number of nitrogens with zero attached hydrogens (tertiary/aromatic N) is 1. The molecule has 1 heterocycles. The number of aryl methyl sites for hydroxylation is 2. The Kier molecular flexibility index (Phi) is 3.17. The van der Waals surface area contributed by atoms with Crippen LogP contribution in [0, 0.1) is 0 Å². The maximum atomic E-state index is 3.50. The Balaban J connectivity index is 1.72. The van der Waals surface area contributed by atoms with E-state index < -0.39 is 0 Å². The summed E-state index contributed by atoms with van der Waals surface area (Å²) in [6.45, 7) is 3.44. The molecule has 1 fully saturated rings. The third kappa shape index (κ3) is 2.38. The first-order chi connectivity index (χ1) is 8.33.